The van der Waals surface area contributed by atoms with Crippen LogP contribution in [0, 0.1) is 13.8 Å². The molecule has 0 spiro atoms. The number of nitrogens with one attached hydrogen (secondary N) is 1. The molecule has 0 fully saturated rings. The molecule has 0 aliphatic rings. The molecule has 3 aromatic rings. The minimum absolute atomic E-state index is 0.0941. The summed E-state index contributed by atoms with van der Waals surface area (Å²) < 4.78 is 27.0. The second kappa shape index (κ2) is 13.8. The highest BCUT2D eigenvalue weighted by atomic mass is 35.5. The summed E-state index contributed by atoms with van der Waals surface area (Å²) in [6.45, 7) is 7.22. The van der Waals surface area contributed by atoms with Crippen LogP contribution in [0.25, 0.3) is 0 Å². The highest BCUT2D eigenvalue weighted by molar-refractivity contribution is 7.92. The van der Waals surface area contributed by atoms with Crippen molar-refractivity contribution in [2.75, 3.05) is 17.1 Å². The summed E-state index contributed by atoms with van der Waals surface area (Å²) in [5, 5.41) is 3.43. The van der Waals surface area contributed by atoms with E-state index >= 15 is 0 Å². The number of benzene rings is 3. The van der Waals surface area contributed by atoms with Crippen molar-refractivity contribution in [3.05, 3.63) is 100 Å². The van der Waals surface area contributed by atoms with Crippen LogP contribution in [0.2, 0.25) is 5.02 Å². The van der Waals surface area contributed by atoms with Gasteiger partial charge in [-0.2, -0.15) is 0 Å². The molecule has 0 bridgehead atoms. The number of amides is 2. The Morgan fingerprint density at radius 1 is 0.950 bits per heavy atom. The van der Waals surface area contributed by atoms with E-state index in [-0.39, 0.29) is 24.9 Å². The molecular formula is C31H38ClN3O4S. The van der Waals surface area contributed by atoms with Crippen LogP contribution in [0.4, 0.5) is 5.69 Å². The molecule has 0 saturated carbocycles. The minimum Gasteiger partial charge on any atom is -0.352 e. The molecule has 2 atom stereocenters. The maximum atomic E-state index is 14.2. The van der Waals surface area contributed by atoms with E-state index in [1.165, 1.54) is 4.90 Å². The predicted molar refractivity (Wildman–Crippen MR) is 162 cm³/mol. The first-order chi connectivity index (χ1) is 18.9. The normalized spacial score (nSPS) is 12.8. The van der Waals surface area contributed by atoms with Gasteiger partial charge < -0.3 is 10.2 Å². The Bertz CT molecular complexity index is 1430. The van der Waals surface area contributed by atoms with Gasteiger partial charge in [-0.05, 0) is 56.0 Å². The number of carbonyl (C=O) groups excluding carboxylic acids is 2. The van der Waals surface area contributed by atoms with Crippen LogP contribution in [0.5, 0.6) is 0 Å². The summed E-state index contributed by atoms with van der Waals surface area (Å²) >= 11 is 6.30. The van der Waals surface area contributed by atoms with Gasteiger partial charge in [-0.15, -0.1) is 0 Å². The molecule has 0 aromatic heterocycles. The van der Waals surface area contributed by atoms with E-state index in [4.69, 9.17) is 11.6 Å². The van der Waals surface area contributed by atoms with Crippen LogP contribution >= 0.6 is 11.6 Å². The van der Waals surface area contributed by atoms with Crippen LogP contribution in [0.3, 0.4) is 0 Å². The van der Waals surface area contributed by atoms with E-state index in [1.54, 1.807) is 25.1 Å². The summed E-state index contributed by atoms with van der Waals surface area (Å²) in [5.41, 5.74) is 3.61. The van der Waals surface area contributed by atoms with Gasteiger partial charge >= 0.3 is 0 Å². The quantitative estimate of drug-likeness (QED) is 0.314. The molecule has 9 heteroatoms. The summed E-state index contributed by atoms with van der Waals surface area (Å²) in [6, 6.07) is 21.2. The van der Waals surface area contributed by atoms with Gasteiger partial charge in [0.15, 0.2) is 0 Å². The van der Waals surface area contributed by atoms with Gasteiger partial charge in [-0.1, -0.05) is 84.8 Å². The topological polar surface area (TPSA) is 86.8 Å². The first kappa shape index (κ1) is 31.2. The summed E-state index contributed by atoms with van der Waals surface area (Å²) in [7, 11) is -3.87. The third-order valence-electron chi connectivity index (χ3n) is 6.89. The Morgan fingerprint density at radius 3 is 2.23 bits per heavy atom. The lowest BCUT2D eigenvalue weighted by Gasteiger charge is -2.34. The van der Waals surface area contributed by atoms with Crippen LogP contribution < -0.4 is 9.62 Å². The molecule has 214 valence electrons. The summed E-state index contributed by atoms with van der Waals surface area (Å²) in [4.78, 5) is 29.4. The number of sulfonamides is 1. The van der Waals surface area contributed by atoms with Crippen molar-refractivity contribution in [2.45, 2.75) is 59.2 Å². The molecule has 1 N–H and O–H groups in total. The molecule has 0 unspecified atom stereocenters. The second-order valence-corrected chi connectivity index (χ2v) is 12.5. The molecule has 2 amide bonds. The van der Waals surface area contributed by atoms with Gasteiger partial charge in [0.2, 0.25) is 21.8 Å². The lowest BCUT2D eigenvalue weighted by molar-refractivity contribution is -0.140. The molecule has 0 aliphatic heterocycles. The molecule has 7 nitrogen and oxygen atoms in total. The van der Waals surface area contributed by atoms with Crippen molar-refractivity contribution < 1.29 is 18.0 Å². The van der Waals surface area contributed by atoms with E-state index in [2.05, 4.69) is 5.32 Å². The highest BCUT2D eigenvalue weighted by Gasteiger charge is 2.33. The Hall–Kier alpha value is -3.36. The fraction of sp³-hybridized carbons (Fsp3) is 0.355. The van der Waals surface area contributed by atoms with E-state index in [1.807, 2.05) is 75.4 Å². The van der Waals surface area contributed by atoms with Crippen molar-refractivity contribution in [1.29, 1.82) is 0 Å². The second-order valence-electron chi connectivity index (χ2n) is 10.2. The number of nitrogens with zero attached hydrogens (tertiary/aromatic N) is 2. The minimum atomic E-state index is -3.87. The zero-order chi connectivity index (χ0) is 29.4. The monoisotopic (exact) mass is 583 g/mol. The smallest absolute Gasteiger partial charge is 0.244 e. The van der Waals surface area contributed by atoms with Crippen molar-refractivity contribution in [3.8, 4) is 0 Å². The Labute approximate surface area is 243 Å². The number of hydrogen-bond donors (Lipinski definition) is 1. The average molecular weight is 584 g/mol. The van der Waals surface area contributed by atoms with Gasteiger partial charge in [-0.25, -0.2) is 8.42 Å². The third-order valence-corrected chi connectivity index (χ3v) is 8.43. The lowest BCUT2D eigenvalue weighted by atomic mass is 10.0. The van der Waals surface area contributed by atoms with E-state index in [9.17, 15) is 18.0 Å². The third kappa shape index (κ3) is 8.32. The fourth-order valence-corrected chi connectivity index (χ4v) is 5.53. The molecule has 0 aliphatic carbocycles. The number of halogens is 1. The molecule has 0 heterocycles. The molecule has 40 heavy (non-hydrogen) atoms. The van der Waals surface area contributed by atoms with Crippen molar-refractivity contribution in [2.24, 2.45) is 0 Å². The number of rotatable bonds is 12. The van der Waals surface area contributed by atoms with Crippen molar-refractivity contribution >= 4 is 39.1 Å². The maximum Gasteiger partial charge on any atom is 0.244 e. The zero-order valence-corrected chi connectivity index (χ0v) is 25.3. The Balaban J connectivity index is 2.09. The number of hydrogen-bond acceptors (Lipinski definition) is 4. The number of anilines is 1. The summed E-state index contributed by atoms with van der Waals surface area (Å²) in [6.07, 6.45) is 2.06. The fourth-order valence-electron chi connectivity index (χ4n) is 4.46. The Morgan fingerprint density at radius 2 is 1.60 bits per heavy atom. The van der Waals surface area contributed by atoms with Gasteiger partial charge in [0.05, 0.1) is 11.9 Å². The van der Waals surface area contributed by atoms with Crippen LogP contribution in [-0.2, 0) is 32.6 Å². The molecule has 3 aromatic carbocycles. The van der Waals surface area contributed by atoms with E-state index in [0.29, 0.717) is 16.3 Å². The lowest BCUT2D eigenvalue weighted by Crippen LogP contribution is -2.54. The highest BCUT2D eigenvalue weighted by Crippen LogP contribution is 2.28. The SMILES string of the molecule is CC[C@H](C)NC(=O)[C@@H](Cc1ccccc1)N(Cc1cccc(C)c1)C(=O)CN(c1cccc(Cl)c1C)S(C)(=O)=O. The number of carbonyl (C=O) groups is 2. The molecular weight excluding hydrogens is 546 g/mol. The van der Waals surface area contributed by atoms with Gasteiger partial charge in [0, 0.05) is 24.0 Å². The standard InChI is InChI=1S/C31H38ClN3O4S/c1-6-23(3)33-31(37)29(19-25-13-8-7-9-14-25)34(20-26-15-10-12-22(2)18-26)30(36)21-35(40(5,38)39)28-17-11-16-27(32)24(28)4/h7-18,23,29H,6,19-21H2,1-5H3,(H,33,37)/t23-,29+/m0/s1. The van der Waals surface area contributed by atoms with E-state index in [0.717, 1.165) is 33.7 Å². The largest absolute Gasteiger partial charge is 0.352 e. The predicted octanol–water partition coefficient (Wildman–Crippen LogP) is 5.28. The maximum absolute atomic E-state index is 14.2. The molecule has 0 saturated heterocycles. The number of aryl methyl sites for hydroxylation is 1. The summed E-state index contributed by atoms with van der Waals surface area (Å²) in [5.74, 6) is -0.782. The van der Waals surface area contributed by atoms with Crippen LogP contribution in [0.15, 0.2) is 72.8 Å². The van der Waals surface area contributed by atoms with Gasteiger partial charge in [0.25, 0.3) is 0 Å². The average Bonchev–Trinajstić information content (AvgIpc) is 2.90. The van der Waals surface area contributed by atoms with E-state index < -0.39 is 28.5 Å². The Kier molecular flexibility index (Phi) is 10.8. The first-order valence-corrected chi connectivity index (χ1v) is 15.6. The van der Waals surface area contributed by atoms with Gasteiger partial charge in [-0.3, -0.25) is 13.9 Å². The first-order valence-electron chi connectivity index (χ1n) is 13.3. The zero-order valence-electron chi connectivity index (χ0n) is 23.7. The van der Waals surface area contributed by atoms with Crippen molar-refractivity contribution in [1.82, 2.24) is 10.2 Å². The van der Waals surface area contributed by atoms with Crippen LogP contribution in [0.1, 0.15) is 42.5 Å². The van der Waals surface area contributed by atoms with Gasteiger partial charge in [0.1, 0.15) is 12.6 Å². The molecule has 3 rings (SSSR count). The van der Waals surface area contributed by atoms with Crippen LogP contribution in [-0.4, -0.2) is 50.0 Å². The molecule has 0 radical (unpaired) electrons. The van der Waals surface area contributed by atoms with Crippen molar-refractivity contribution in [3.63, 3.8) is 0 Å².